The number of aliphatic hydroxyl groups is 1. The van der Waals surface area contributed by atoms with Gasteiger partial charge in [-0.2, -0.15) is 0 Å². The number of nitrogens with zero attached hydrogens (tertiary/aromatic N) is 2. The first-order valence-corrected chi connectivity index (χ1v) is 11.8. The van der Waals surface area contributed by atoms with Crippen LogP contribution in [0.3, 0.4) is 0 Å². The Morgan fingerprint density at radius 2 is 1.85 bits per heavy atom. The van der Waals surface area contributed by atoms with Crippen LogP contribution in [-0.4, -0.2) is 89.3 Å². The predicted molar refractivity (Wildman–Crippen MR) is 97.4 cm³/mol. The van der Waals surface area contributed by atoms with Crippen molar-refractivity contribution in [1.82, 2.24) is 9.80 Å². The van der Waals surface area contributed by atoms with Gasteiger partial charge in [0.15, 0.2) is 20.1 Å². The van der Waals surface area contributed by atoms with E-state index in [1.165, 1.54) is 11.8 Å². The fraction of sp³-hybridized carbons (Fsp3) is 0.765. The van der Waals surface area contributed by atoms with Gasteiger partial charge in [0.25, 0.3) is 0 Å². The Morgan fingerprint density at radius 1 is 1.30 bits per heavy atom. The van der Waals surface area contributed by atoms with E-state index >= 15 is 0 Å². The average molecular weight is 401 g/mol. The third kappa shape index (κ3) is 3.65. The Hall–Kier alpha value is -1.78. The lowest BCUT2D eigenvalue weighted by Gasteiger charge is -2.48. The highest BCUT2D eigenvalue weighted by molar-refractivity contribution is 6.74. The Morgan fingerprint density at radius 3 is 2.30 bits per heavy atom. The third-order valence-electron chi connectivity index (χ3n) is 5.87. The van der Waals surface area contributed by atoms with Crippen LogP contribution >= 0.6 is 0 Å². The molecule has 0 spiro atoms. The van der Waals surface area contributed by atoms with Gasteiger partial charge in [-0.25, -0.2) is 4.79 Å². The summed E-state index contributed by atoms with van der Waals surface area (Å²) in [5.74, 6) is -3.24. The second-order valence-electron chi connectivity index (χ2n) is 8.68. The van der Waals surface area contributed by atoms with E-state index in [1.54, 1.807) is 0 Å². The fourth-order valence-corrected chi connectivity index (χ4v) is 4.17. The van der Waals surface area contributed by atoms with Crippen LogP contribution in [0.15, 0.2) is 0 Å². The Balaban J connectivity index is 2.17. The Bertz CT molecular complexity index is 673. The zero-order valence-electron chi connectivity index (χ0n) is 16.6. The molecule has 1 unspecified atom stereocenters. The fourth-order valence-electron chi connectivity index (χ4n) is 3.23. The number of hydrogen-bond donors (Lipinski definition) is 2. The van der Waals surface area contributed by atoms with E-state index in [4.69, 9.17) is 4.43 Å². The van der Waals surface area contributed by atoms with Gasteiger partial charge in [-0.05, 0) is 18.1 Å². The number of likely N-dealkylation sites (tertiary alicyclic amines) is 2. The summed E-state index contributed by atoms with van der Waals surface area (Å²) in [5, 5.41) is 19.6. The van der Waals surface area contributed by atoms with Crippen molar-refractivity contribution in [1.29, 1.82) is 0 Å². The Labute approximate surface area is 159 Å². The molecule has 152 valence electrons. The van der Waals surface area contributed by atoms with Crippen LogP contribution in [0.1, 0.15) is 27.7 Å². The van der Waals surface area contributed by atoms with Gasteiger partial charge in [0.1, 0.15) is 6.04 Å². The summed E-state index contributed by atoms with van der Waals surface area (Å²) in [6.45, 7) is 10.7. The Kier molecular flexibility index (Phi) is 5.57. The molecule has 2 heterocycles. The molecule has 4 atom stereocenters. The molecular formula is C17H28N2O7Si. The summed E-state index contributed by atoms with van der Waals surface area (Å²) >= 11 is 0. The minimum absolute atomic E-state index is 0.0616. The average Bonchev–Trinajstić information content (AvgIpc) is 2.82. The zero-order valence-corrected chi connectivity index (χ0v) is 17.6. The predicted octanol–water partition coefficient (Wildman–Crippen LogP) is -0.167. The first-order chi connectivity index (χ1) is 12.2. The molecule has 0 saturated carbocycles. The molecular weight excluding hydrogens is 372 g/mol. The minimum atomic E-state index is -2.28. The number of carboxylic acid groups (broad SMARTS) is 1. The number of Topliss-reactive ketones (excluding diaryl/α,β-unsaturated/α-hetero) is 1. The van der Waals surface area contributed by atoms with E-state index in [-0.39, 0.29) is 17.5 Å². The lowest BCUT2D eigenvalue weighted by atomic mass is 9.90. The largest absolute Gasteiger partial charge is 0.479 e. The number of fused-ring (bicyclic) bond motifs is 1. The maximum absolute atomic E-state index is 12.6. The van der Waals surface area contributed by atoms with E-state index in [2.05, 4.69) is 0 Å². The molecule has 2 saturated heterocycles. The van der Waals surface area contributed by atoms with E-state index < -0.39 is 56.8 Å². The van der Waals surface area contributed by atoms with Crippen molar-refractivity contribution >= 4 is 31.9 Å². The molecule has 0 aromatic rings. The van der Waals surface area contributed by atoms with Gasteiger partial charge >= 0.3 is 5.97 Å². The number of β-amino-alcohol motifs (C(OH)–C–C–N with tert-alkyl or cyclic N) is 1. The second-order valence-corrected chi connectivity index (χ2v) is 13.5. The number of carboxylic acids is 1. The van der Waals surface area contributed by atoms with Crippen molar-refractivity contribution in [2.45, 2.75) is 70.1 Å². The maximum atomic E-state index is 12.6. The standard InChI is InChI=1S/C17H28N2O7Si/c1-9(20)18-7-10(21)12-14(18)15(23)19(12)13(16(24)25)11(22)8-26-27(5,6)17(2,3)4/h10,12-14,21H,7-8H2,1-6H3,(H,24,25)/t10-,12+,13?,14-/m0/s1. The quantitative estimate of drug-likeness (QED) is 0.360. The van der Waals surface area contributed by atoms with Crippen LogP contribution < -0.4 is 0 Å². The van der Waals surface area contributed by atoms with Crippen molar-refractivity contribution in [2.75, 3.05) is 13.2 Å². The number of aliphatic carboxylic acids is 1. The van der Waals surface area contributed by atoms with Gasteiger partial charge < -0.3 is 24.4 Å². The smallest absolute Gasteiger partial charge is 0.334 e. The van der Waals surface area contributed by atoms with E-state index in [1.807, 2.05) is 33.9 Å². The van der Waals surface area contributed by atoms with E-state index in [0.717, 1.165) is 4.90 Å². The molecule has 2 rings (SSSR count). The summed E-state index contributed by atoms with van der Waals surface area (Å²) in [4.78, 5) is 50.6. The highest BCUT2D eigenvalue weighted by Gasteiger charge is 2.63. The molecule has 0 radical (unpaired) electrons. The van der Waals surface area contributed by atoms with Crippen LogP contribution in [0.4, 0.5) is 0 Å². The van der Waals surface area contributed by atoms with Crippen molar-refractivity contribution in [3.63, 3.8) is 0 Å². The van der Waals surface area contributed by atoms with E-state index in [0.29, 0.717) is 0 Å². The lowest BCUT2D eigenvalue weighted by molar-refractivity contribution is -0.174. The highest BCUT2D eigenvalue weighted by Crippen LogP contribution is 2.38. The monoisotopic (exact) mass is 400 g/mol. The van der Waals surface area contributed by atoms with Crippen molar-refractivity contribution in [3.8, 4) is 0 Å². The zero-order chi connectivity index (χ0) is 20.9. The van der Waals surface area contributed by atoms with Gasteiger partial charge in [-0.1, -0.05) is 20.8 Å². The summed E-state index contributed by atoms with van der Waals surface area (Å²) in [5.41, 5.74) is 0. The molecule has 2 amide bonds. The maximum Gasteiger partial charge on any atom is 0.334 e. The van der Waals surface area contributed by atoms with Gasteiger partial charge in [-0.3, -0.25) is 14.4 Å². The number of hydrogen-bond acceptors (Lipinski definition) is 6. The summed E-state index contributed by atoms with van der Waals surface area (Å²) < 4.78 is 5.80. The van der Waals surface area contributed by atoms with Crippen molar-refractivity contribution in [3.05, 3.63) is 0 Å². The molecule has 0 aromatic carbocycles. The molecule has 9 nitrogen and oxygen atoms in total. The second kappa shape index (κ2) is 6.99. The molecule has 0 aromatic heterocycles. The van der Waals surface area contributed by atoms with Crippen LogP contribution in [0, 0.1) is 0 Å². The number of amides is 2. The lowest BCUT2D eigenvalue weighted by Crippen LogP contribution is -2.74. The molecule has 27 heavy (non-hydrogen) atoms. The third-order valence-corrected chi connectivity index (χ3v) is 10.3. The van der Waals surface area contributed by atoms with Crippen molar-refractivity contribution < 1.29 is 33.8 Å². The van der Waals surface area contributed by atoms with Crippen LogP contribution in [0.2, 0.25) is 18.1 Å². The molecule has 2 N–H and O–H groups in total. The number of carbonyl (C=O) groups is 4. The highest BCUT2D eigenvalue weighted by atomic mass is 28.4. The molecule has 2 fully saturated rings. The van der Waals surface area contributed by atoms with Crippen LogP contribution in [0.5, 0.6) is 0 Å². The van der Waals surface area contributed by atoms with Gasteiger partial charge in [0.2, 0.25) is 11.8 Å². The van der Waals surface area contributed by atoms with Crippen molar-refractivity contribution in [2.24, 2.45) is 0 Å². The molecule has 2 aliphatic rings. The van der Waals surface area contributed by atoms with Gasteiger partial charge in [0.05, 0.1) is 18.8 Å². The SMILES string of the molecule is CC(=O)N1C[C@H](O)[C@@H]2[C@H]1C(=O)N2C(C(=O)O)C(=O)CO[Si](C)(C)C(C)(C)C. The summed E-state index contributed by atoms with van der Waals surface area (Å²) in [6, 6.07) is -3.53. The van der Waals surface area contributed by atoms with Gasteiger partial charge in [0, 0.05) is 13.5 Å². The number of aliphatic hydroxyl groups excluding tert-OH is 1. The summed E-state index contributed by atoms with van der Waals surface area (Å²) in [6.07, 6.45) is -1.09. The molecule has 2 aliphatic heterocycles. The van der Waals surface area contributed by atoms with E-state index in [9.17, 15) is 29.4 Å². The number of ketones is 1. The first kappa shape index (κ1) is 21.5. The topological polar surface area (TPSA) is 124 Å². The molecule has 10 heteroatoms. The number of carbonyl (C=O) groups excluding carboxylic acids is 3. The number of rotatable bonds is 6. The molecule has 0 aliphatic carbocycles. The number of β-lactam (4-membered cyclic amide) rings is 1. The minimum Gasteiger partial charge on any atom is -0.479 e. The summed E-state index contributed by atoms with van der Waals surface area (Å²) in [7, 11) is -2.28. The molecule has 0 bridgehead atoms. The van der Waals surface area contributed by atoms with Gasteiger partial charge in [-0.15, -0.1) is 0 Å². The van der Waals surface area contributed by atoms with Crippen LogP contribution in [0.25, 0.3) is 0 Å². The normalized spacial score (nSPS) is 26.5. The van der Waals surface area contributed by atoms with Crippen LogP contribution in [-0.2, 0) is 23.6 Å². The first-order valence-electron chi connectivity index (χ1n) is 8.87.